The van der Waals surface area contributed by atoms with Crippen molar-refractivity contribution in [2.24, 2.45) is 0 Å². The molecule has 0 saturated heterocycles. The van der Waals surface area contributed by atoms with E-state index in [4.69, 9.17) is 9.47 Å². The third-order valence-electron chi connectivity index (χ3n) is 4.50. The van der Waals surface area contributed by atoms with Crippen molar-refractivity contribution in [3.63, 3.8) is 0 Å². The van der Waals surface area contributed by atoms with E-state index < -0.39 is 5.97 Å². The van der Waals surface area contributed by atoms with Crippen LogP contribution in [0.3, 0.4) is 0 Å². The Morgan fingerprint density at radius 1 is 1.18 bits per heavy atom. The molecular formula is C20H18N4O4. The molecule has 1 aromatic carbocycles. The van der Waals surface area contributed by atoms with E-state index in [0.717, 1.165) is 5.75 Å². The van der Waals surface area contributed by atoms with Gasteiger partial charge in [-0.1, -0.05) is 0 Å². The Labute approximate surface area is 160 Å². The maximum atomic E-state index is 13.0. The Kier molecular flexibility index (Phi) is 4.31. The van der Waals surface area contributed by atoms with Crippen LogP contribution in [0.25, 0.3) is 22.2 Å². The first-order chi connectivity index (χ1) is 13.5. The molecule has 0 radical (unpaired) electrons. The van der Waals surface area contributed by atoms with Crippen molar-refractivity contribution < 1.29 is 14.3 Å². The monoisotopic (exact) mass is 378 g/mol. The van der Waals surface area contributed by atoms with Crippen molar-refractivity contribution in [2.45, 2.75) is 13.8 Å². The summed E-state index contributed by atoms with van der Waals surface area (Å²) in [6.45, 7) is 4.19. The highest BCUT2D eigenvalue weighted by Crippen LogP contribution is 2.20. The predicted molar refractivity (Wildman–Crippen MR) is 103 cm³/mol. The summed E-state index contributed by atoms with van der Waals surface area (Å²) in [4.78, 5) is 29.4. The molecule has 0 amide bonds. The van der Waals surface area contributed by atoms with Gasteiger partial charge in [-0.3, -0.25) is 9.36 Å². The Morgan fingerprint density at radius 3 is 2.61 bits per heavy atom. The highest BCUT2D eigenvalue weighted by molar-refractivity contribution is 5.98. The lowest BCUT2D eigenvalue weighted by atomic mass is 10.2. The lowest BCUT2D eigenvalue weighted by molar-refractivity contribution is 0.0602. The molecule has 142 valence electrons. The second kappa shape index (κ2) is 6.80. The molecule has 3 aromatic heterocycles. The van der Waals surface area contributed by atoms with Crippen molar-refractivity contribution in [1.29, 1.82) is 0 Å². The maximum absolute atomic E-state index is 13.0. The number of fused-ring (bicyclic) bond motifs is 3. The zero-order valence-electron chi connectivity index (χ0n) is 15.7. The SMILES string of the molecule is CCOc1ccc(-n2ccc3c(cnc4c(C(=O)OC)c(C)nn43)c2=O)cc1. The molecule has 0 saturated carbocycles. The predicted octanol–water partition coefficient (Wildman–Crippen LogP) is 2.53. The Hall–Kier alpha value is -3.68. The summed E-state index contributed by atoms with van der Waals surface area (Å²) in [6, 6.07) is 9.04. The molecule has 0 N–H and O–H groups in total. The maximum Gasteiger partial charge on any atom is 0.343 e. The van der Waals surface area contributed by atoms with Gasteiger partial charge in [0.1, 0.15) is 11.3 Å². The van der Waals surface area contributed by atoms with Crippen molar-refractivity contribution >= 4 is 22.5 Å². The number of hydrogen-bond acceptors (Lipinski definition) is 6. The standard InChI is InChI=1S/C20H18N4O4/c1-4-28-14-7-5-13(6-8-14)23-10-9-16-15(19(23)25)11-21-18-17(20(26)27-3)12(2)22-24(16)18/h5-11H,4H2,1-3H3. The number of rotatable bonds is 4. The topological polar surface area (TPSA) is 87.7 Å². The van der Waals surface area contributed by atoms with Crippen LogP contribution in [0.4, 0.5) is 0 Å². The number of pyridine rings is 1. The third-order valence-corrected chi connectivity index (χ3v) is 4.50. The van der Waals surface area contributed by atoms with Gasteiger partial charge in [-0.15, -0.1) is 0 Å². The average molecular weight is 378 g/mol. The van der Waals surface area contributed by atoms with Gasteiger partial charge in [0, 0.05) is 18.1 Å². The minimum atomic E-state index is -0.512. The number of benzene rings is 1. The van der Waals surface area contributed by atoms with Gasteiger partial charge < -0.3 is 9.47 Å². The normalized spacial score (nSPS) is 11.1. The molecule has 4 rings (SSSR count). The van der Waals surface area contributed by atoms with Crippen LogP contribution in [0.1, 0.15) is 23.0 Å². The summed E-state index contributed by atoms with van der Waals surface area (Å²) in [5.41, 5.74) is 2.18. The second-order valence-electron chi connectivity index (χ2n) is 6.16. The van der Waals surface area contributed by atoms with Crippen molar-refractivity contribution in [3.05, 3.63) is 64.3 Å². The highest BCUT2D eigenvalue weighted by Gasteiger charge is 2.21. The minimum Gasteiger partial charge on any atom is -0.494 e. The van der Waals surface area contributed by atoms with Gasteiger partial charge in [0.2, 0.25) is 0 Å². The zero-order chi connectivity index (χ0) is 19.8. The van der Waals surface area contributed by atoms with E-state index >= 15 is 0 Å². The first-order valence-corrected chi connectivity index (χ1v) is 8.76. The van der Waals surface area contributed by atoms with Crippen molar-refractivity contribution in [3.8, 4) is 11.4 Å². The molecule has 0 atom stereocenters. The van der Waals surface area contributed by atoms with Gasteiger partial charge >= 0.3 is 5.97 Å². The van der Waals surface area contributed by atoms with E-state index in [0.29, 0.717) is 40.1 Å². The lowest BCUT2D eigenvalue weighted by Gasteiger charge is -2.09. The van der Waals surface area contributed by atoms with Crippen molar-refractivity contribution in [1.82, 2.24) is 19.2 Å². The average Bonchev–Trinajstić information content (AvgIpc) is 3.05. The number of aryl methyl sites for hydroxylation is 1. The number of aromatic nitrogens is 4. The minimum absolute atomic E-state index is 0.233. The van der Waals surface area contributed by atoms with Crippen LogP contribution in [0.2, 0.25) is 0 Å². The molecular weight excluding hydrogens is 360 g/mol. The van der Waals surface area contributed by atoms with E-state index in [9.17, 15) is 9.59 Å². The first kappa shape index (κ1) is 17.7. The third kappa shape index (κ3) is 2.70. The van der Waals surface area contributed by atoms with E-state index in [2.05, 4.69) is 10.1 Å². The summed E-state index contributed by atoms with van der Waals surface area (Å²) in [5.74, 6) is 0.230. The number of hydrogen-bond donors (Lipinski definition) is 0. The molecule has 0 fully saturated rings. The molecule has 0 aliphatic rings. The van der Waals surface area contributed by atoms with Gasteiger partial charge in [-0.25, -0.2) is 14.3 Å². The molecule has 0 bridgehead atoms. The van der Waals surface area contributed by atoms with Gasteiger partial charge in [0.05, 0.1) is 30.3 Å². The Morgan fingerprint density at radius 2 is 1.93 bits per heavy atom. The smallest absolute Gasteiger partial charge is 0.343 e. The summed E-state index contributed by atoms with van der Waals surface area (Å²) < 4.78 is 13.3. The molecule has 4 aromatic rings. The highest BCUT2D eigenvalue weighted by atomic mass is 16.5. The van der Waals surface area contributed by atoms with E-state index in [-0.39, 0.29) is 5.56 Å². The number of methoxy groups -OCH3 is 1. The molecule has 3 heterocycles. The number of nitrogens with zero attached hydrogens (tertiary/aromatic N) is 4. The zero-order valence-corrected chi connectivity index (χ0v) is 15.7. The van der Waals surface area contributed by atoms with Gasteiger partial charge in [-0.05, 0) is 44.2 Å². The molecule has 28 heavy (non-hydrogen) atoms. The summed E-state index contributed by atoms with van der Waals surface area (Å²) >= 11 is 0. The van der Waals surface area contributed by atoms with Gasteiger partial charge in [0.25, 0.3) is 5.56 Å². The summed E-state index contributed by atoms with van der Waals surface area (Å²) in [7, 11) is 1.31. The number of carbonyl (C=O) groups is 1. The Balaban J connectivity index is 1.89. The van der Waals surface area contributed by atoms with E-state index in [1.807, 2.05) is 31.2 Å². The fraction of sp³-hybridized carbons (Fsp3) is 0.200. The van der Waals surface area contributed by atoms with Crippen LogP contribution < -0.4 is 10.3 Å². The Bertz CT molecular complexity index is 1260. The number of esters is 1. The molecule has 8 nitrogen and oxygen atoms in total. The second-order valence-corrected chi connectivity index (χ2v) is 6.16. The molecule has 0 aliphatic heterocycles. The lowest BCUT2D eigenvalue weighted by Crippen LogP contribution is -2.19. The summed E-state index contributed by atoms with van der Waals surface area (Å²) in [6.07, 6.45) is 3.14. The van der Waals surface area contributed by atoms with Crippen LogP contribution in [0.5, 0.6) is 5.75 Å². The summed E-state index contributed by atoms with van der Waals surface area (Å²) in [5, 5.41) is 4.77. The molecule has 8 heteroatoms. The first-order valence-electron chi connectivity index (χ1n) is 8.76. The largest absolute Gasteiger partial charge is 0.494 e. The van der Waals surface area contributed by atoms with Crippen LogP contribution in [-0.4, -0.2) is 38.9 Å². The van der Waals surface area contributed by atoms with E-state index in [1.54, 1.807) is 19.2 Å². The molecule has 0 spiro atoms. The van der Waals surface area contributed by atoms with Crippen LogP contribution in [-0.2, 0) is 4.74 Å². The van der Waals surface area contributed by atoms with Gasteiger partial charge in [0.15, 0.2) is 5.65 Å². The van der Waals surface area contributed by atoms with Crippen LogP contribution in [0.15, 0.2) is 47.5 Å². The number of carbonyl (C=O) groups excluding carboxylic acids is 1. The van der Waals surface area contributed by atoms with E-state index in [1.165, 1.54) is 22.4 Å². The molecule has 0 aliphatic carbocycles. The van der Waals surface area contributed by atoms with Crippen molar-refractivity contribution in [2.75, 3.05) is 13.7 Å². The fourth-order valence-electron chi connectivity index (χ4n) is 3.19. The quantitative estimate of drug-likeness (QED) is 0.507. The fourth-order valence-corrected chi connectivity index (χ4v) is 3.19. The van der Waals surface area contributed by atoms with Crippen LogP contribution >= 0.6 is 0 Å². The number of ether oxygens (including phenoxy) is 2. The van der Waals surface area contributed by atoms with Gasteiger partial charge in [-0.2, -0.15) is 5.10 Å². The molecule has 0 unspecified atom stereocenters. The van der Waals surface area contributed by atoms with Crippen LogP contribution in [0, 0.1) is 6.92 Å².